The lowest BCUT2D eigenvalue weighted by Crippen LogP contribution is -2.20. The van der Waals surface area contributed by atoms with Gasteiger partial charge in [-0.15, -0.1) is 0 Å². The molecule has 0 unspecified atom stereocenters. The van der Waals surface area contributed by atoms with Crippen molar-refractivity contribution in [3.8, 4) is 0 Å². The van der Waals surface area contributed by atoms with E-state index in [4.69, 9.17) is 0 Å². The summed E-state index contributed by atoms with van der Waals surface area (Å²) in [5.41, 5.74) is 4.27. The van der Waals surface area contributed by atoms with E-state index in [1.807, 2.05) is 37.3 Å². The maximum atomic E-state index is 12.6. The summed E-state index contributed by atoms with van der Waals surface area (Å²) in [6, 6.07) is 13.2. The smallest absolute Gasteiger partial charge is 0.255 e. The molecule has 0 radical (unpaired) electrons. The Kier molecular flexibility index (Phi) is 4.91. The molecule has 0 aromatic heterocycles. The SMILES string of the molecule is CCNCc1ccccc1NC(=O)c1ccc2c(c1)CCC(=O)N2. The third-order valence-corrected chi connectivity index (χ3v) is 4.09. The Bertz CT molecular complexity index is 771. The molecular formula is C19H21N3O2. The van der Waals surface area contributed by atoms with Crippen molar-refractivity contribution < 1.29 is 9.59 Å². The minimum atomic E-state index is -0.140. The molecule has 2 amide bonds. The van der Waals surface area contributed by atoms with E-state index < -0.39 is 0 Å². The van der Waals surface area contributed by atoms with E-state index in [1.54, 1.807) is 12.1 Å². The molecule has 5 heteroatoms. The van der Waals surface area contributed by atoms with Crippen molar-refractivity contribution >= 4 is 23.2 Å². The van der Waals surface area contributed by atoms with E-state index in [0.29, 0.717) is 24.9 Å². The first kappa shape index (κ1) is 16.2. The summed E-state index contributed by atoms with van der Waals surface area (Å²) in [7, 11) is 0. The quantitative estimate of drug-likeness (QED) is 0.792. The number of rotatable bonds is 5. The van der Waals surface area contributed by atoms with Crippen molar-refractivity contribution in [1.82, 2.24) is 5.32 Å². The van der Waals surface area contributed by atoms with Crippen LogP contribution >= 0.6 is 0 Å². The van der Waals surface area contributed by atoms with Crippen LogP contribution in [-0.4, -0.2) is 18.4 Å². The molecule has 3 N–H and O–H groups in total. The van der Waals surface area contributed by atoms with Crippen molar-refractivity contribution in [3.05, 3.63) is 59.2 Å². The zero-order valence-electron chi connectivity index (χ0n) is 13.7. The number of hydrogen-bond acceptors (Lipinski definition) is 3. The maximum absolute atomic E-state index is 12.6. The molecule has 124 valence electrons. The summed E-state index contributed by atoms with van der Waals surface area (Å²) in [5, 5.41) is 9.09. The number of anilines is 2. The zero-order valence-corrected chi connectivity index (χ0v) is 13.7. The third-order valence-electron chi connectivity index (χ3n) is 4.09. The Balaban J connectivity index is 1.77. The van der Waals surface area contributed by atoms with Gasteiger partial charge in [0, 0.05) is 29.9 Å². The van der Waals surface area contributed by atoms with Gasteiger partial charge in [0.15, 0.2) is 0 Å². The van der Waals surface area contributed by atoms with Gasteiger partial charge in [-0.25, -0.2) is 0 Å². The van der Waals surface area contributed by atoms with Gasteiger partial charge in [-0.1, -0.05) is 25.1 Å². The van der Waals surface area contributed by atoms with Crippen LogP contribution in [0.15, 0.2) is 42.5 Å². The Hall–Kier alpha value is -2.66. The van der Waals surface area contributed by atoms with Crippen LogP contribution in [0.3, 0.4) is 0 Å². The minimum absolute atomic E-state index is 0.0250. The van der Waals surface area contributed by atoms with Gasteiger partial charge < -0.3 is 16.0 Å². The molecule has 2 aromatic rings. The summed E-state index contributed by atoms with van der Waals surface area (Å²) in [5.74, 6) is -0.115. The molecule has 2 aromatic carbocycles. The molecule has 0 bridgehead atoms. The number of carbonyl (C=O) groups excluding carboxylic acids is 2. The van der Waals surface area contributed by atoms with Crippen molar-refractivity contribution in [2.45, 2.75) is 26.3 Å². The van der Waals surface area contributed by atoms with Crippen molar-refractivity contribution in [2.24, 2.45) is 0 Å². The molecule has 3 rings (SSSR count). The summed E-state index contributed by atoms with van der Waals surface area (Å²) in [6.07, 6.45) is 1.13. The van der Waals surface area contributed by atoms with E-state index >= 15 is 0 Å². The molecule has 5 nitrogen and oxygen atoms in total. The van der Waals surface area contributed by atoms with Crippen LogP contribution in [0.2, 0.25) is 0 Å². The summed E-state index contributed by atoms with van der Waals surface area (Å²) in [6.45, 7) is 3.63. The normalized spacial score (nSPS) is 13.1. The highest BCUT2D eigenvalue weighted by Gasteiger charge is 2.17. The molecule has 1 aliphatic rings. The van der Waals surface area contributed by atoms with E-state index in [0.717, 1.165) is 29.0 Å². The van der Waals surface area contributed by atoms with Gasteiger partial charge in [0.25, 0.3) is 5.91 Å². The topological polar surface area (TPSA) is 70.2 Å². The summed E-state index contributed by atoms with van der Waals surface area (Å²) in [4.78, 5) is 24.0. The van der Waals surface area contributed by atoms with Gasteiger partial charge >= 0.3 is 0 Å². The highest BCUT2D eigenvalue weighted by atomic mass is 16.2. The second kappa shape index (κ2) is 7.27. The molecule has 0 fully saturated rings. The largest absolute Gasteiger partial charge is 0.326 e. The van der Waals surface area contributed by atoms with Crippen LogP contribution in [0.25, 0.3) is 0 Å². The van der Waals surface area contributed by atoms with E-state index in [1.165, 1.54) is 0 Å². The number of amides is 2. The molecule has 24 heavy (non-hydrogen) atoms. The van der Waals surface area contributed by atoms with Crippen molar-refractivity contribution in [2.75, 3.05) is 17.2 Å². The van der Waals surface area contributed by atoms with Gasteiger partial charge in [-0.2, -0.15) is 0 Å². The van der Waals surface area contributed by atoms with Gasteiger partial charge in [0.1, 0.15) is 0 Å². The predicted molar refractivity (Wildman–Crippen MR) is 95.2 cm³/mol. The average molecular weight is 323 g/mol. The highest BCUT2D eigenvalue weighted by Crippen LogP contribution is 2.24. The van der Waals surface area contributed by atoms with E-state index in [2.05, 4.69) is 16.0 Å². The van der Waals surface area contributed by atoms with Crippen LogP contribution < -0.4 is 16.0 Å². The molecule has 1 heterocycles. The molecule has 0 aliphatic carbocycles. The van der Waals surface area contributed by atoms with Crippen LogP contribution in [-0.2, 0) is 17.8 Å². The highest BCUT2D eigenvalue weighted by molar-refractivity contribution is 6.05. The Morgan fingerprint density at radius 1 is 1.17 bits per heavy atom. The number of fused-ring (bicyclic) bond motifs is 1. The molecule has 0 atom stereocenters. The van der Waals surface area contributed by atoms with Gasteiger partial charge in [0.2, 0.25) is 5.91 Å². The second-order valence-corrected chi connectivity index (χ2v) is 5.81. The van der Waals surface area contributed by atoms with Crippen molar-refractivity contribution in [1.29, 1.82) is 0 Å². The lowest BCUT2D eigenvalue weighted by Gasteiger charge is -2.17. The first-order valence-electron chi connectivity index (χ1n) is 8.20. The number of nitrogens with one attached hydrogen (secondary N) is 3. The summed E-state index contributed by atoms with van der Waals surface area (Å²) >= 11 is 0. The molecular weight excluding hydrogens is 302 g/mol. The first-order valence-corrected chi connectivity index (χ1v) is 8.20. The van der Waals surface area contributed by atoms with Crippen molar-refractivity contribution in [3.63, 3.8) is 0 Å². The fourth-order valence-corrected chi connectivity index (χ4v) is 2.78. The summed E-state index contributed by atoms with van der Waals surface area (Å²) < 4.78 is 0. The number of para-hydroxylation sites is 1. The lowest BCUT2D eigenvalue weighted by atomic mass is 10.00. The molecule has 0 saturated carbocycles. The Morgan fingerprint density at radius 2 is 2.00 bits per heavy atom. The van der Waals surface area contributed by atoms with Crippen LogP contribution in [0.1, 0.15) is 34.8 Å². The fraction of sp³-hybridized carbons (Fsp3) is 0.263. The number of benzene rings is 2. The average Bonchev–Trinajstić information content (AvgIpc) is 2.60. The fourth-order valence-electron chi connectivity index (χ4n) is 2.78. The number of carbonyl (C=O) groups is 2. The predicted octanol–water partition coefficient (Wildman–Crippen LogP) is 2.93. The third kappa shape index (κ3) is 3.63. The maximum Gasteiger partial charge on any atom is 0.255 e. The zero-order chi connectivity index (χ0) is 16.9. The molecule has 1 aliphatic heterocycles. The molecule has 0 saturated heterocycles. The minimum Gasteiger partial charge on any atom is -0.326 e. The van der Waals surface area contributed by atoms with Gasteiger partial charge in [0.05, 0.1) is 0 Å². The van der Waals surface area contributed by atoms with Crippen LogP contribution in [0, 0.1) is 0 Å². The Labute approximate surface area is 141 Å². The van der Waals surface area contributed by atoms with E-state index in [-0.39, 0.29) is 11.8 Å². The van der Waals surface area contributed by atoms with Gasteiger partial charge in [-0.3, -0.25) is 9.59 Å². The number of aryl methyl sites for hydroxylation is 1. The van der Waals surface area contributed by atoms with Crippen LogP contribution in [0.5, 0.6) is 0 Å². The van der Waals surface area contributed by atoms with Gasteiger partial charge in [-0.05, 0) is 48.4 Å². The monoisotopic (exact) mass is 323 g/mol. The lowest BCUT2D eigenvalue weighted by molar-refractivity contribution is -0.116. The Morgan fingerprint density at radius 3 is 2.83 bits per heavy atom. The van der Waals surface area contributed by atoms with E-state index in [9.17, 15) is 9.59 Å². The van der Waals surface area contributed by atoms with Crippen LogP contribution in [0.4, 0.5) is 11.4 Å². The second-order valence-electron chi connectivity index (χ2n) is 5.81. The molecule has 0 spiro atoms. The number of hydrogen-bond donors (Lipinski definition) is 3. The standard InChI is InChI=1S/C19H21N3O2/c1-2-20-12-15-5-3-4-6-16(15)22-19(24)14-7-9-17-13(11-14)8-10-18(23)21-17/h3-7,9,11,20H,2,8,10,12H2,1H3,(H,21,23)(H,22,24). The first-order chi connectivity index (χ1) is 11.7.